The predicted octanol–water partition coefficient (Wildman–Crippen LogP) is 2.55. The van der Waals surface area contributed by atoms with E-state index < -0.39 is 0 Å². The molecule has 3 rings (SSSR count). The van der Waals surface area contributed by atoms with Crippen molar-refractivity contribution in [3.63, 3.8) is 0 Å². The van der Waals surface area contributed by atoms with E-state index in [1.54, 1.807) is 18.3 Å². The first kappa shape index (κ1) is 14.3. The number of benzene rings is 1. The zero-order valence-corrected chi connectivity index (χ0v) is 12.5. The SMILES string of the molecule is Cc1cccc(C)c1Nc1nc2ccccn2c(=O)c1CO. The highest BCUT2D eigenvalue weighted by Gasteiger charge is 2.13. The number of nitrogens with one attached hydrogen (secondary N) is 1. The van der Waals surface area contributed by atoms with Crippen LogP contribution in [0.15, 0.2) is 47.4 Å². The quantitative estimate of drug-likeness (QED) is 0.779. The van der Waals surface area contributed by atoms with Gasteiger partial charge in [0.05, 0.1) is 12.2 Å². The van der Waals surface area contributed by atoms with E-state index in [1.165, 1.54) is 4.40 Å². The van der Waals surface area contributed by atoms with E-state index >= 15 is 0 Å². The Hall–Kier alpha value is -2.66. The van der Waals surface area contributed by atoms with Gasteiger partial charge in [-0.2, -0.15) is 0 Å². The van der Waals surface area contributed by atoms with Gasteiger partial charge in [0, 0.05) is 11.9 Å². The second-order valence-electron chi connectivity index (χ2n) is 5.22. The first-order chi connectivity index (χ1) is 10.6. The molecule has 0 aliphatic rings. The minimum atomic E-state index is -0.364. The van der Waals surface area contributed by atoms with Crippen LogP contribution in [0, 0.1) is 13.8 Å². The maximum Gasteiger partial charge on any atom is 0.265 e. The van der Waals surface area contributed by atoms with E-state index in [-0.39, 0.29) is 17.7 Å². The van der Waals surface area contributed by atoms with Crippen molar-refractivity contribution >= 4 is 17.2 Å². The molecule has 5 nitrogen and oxygen atoms in total. The molecule has 0 atom stereocenters. The fourth-order valence-electron chi connectivity index (χ4n) is 2.50. The molecule has 0 saturated carbocycles. The number of aryl methyl sites for hydroxylation is 2. The summed E-state index contributed by atoms with van der Waals surface area (Å²) in [5.74, 6) is 0.399. The van der Waals surface area contributed by atoms with Crippen LogP contribution in [0.25, 0.3) is 5.65 Å². The van der Waals surface area contributed by atoms with Crippen molar-refractivity contribution < 1.29 is 5.11 Å². The van der Waals surface area contributed by atoms with Gasteiger partial charge in [-0.15, -0.1) is 0 Å². The normalized spacial score (nSPS) is 10.9. The molecule has 0 aliphatic carbocycles. The summed E-state index contributed by atoms with van der Waals surface area (Å²) in [6.07, 6.45) is 1.65. The number of rotatable bonds is 3. The molecule has 0 amide bonds. The number of anilines is 2. The predicted molar refractivity (Wildman–Crippen MR) is 86.6 cm³/mol. The lowest BCUT2D eigenvalue weighted by atomic mass is 10.1. The topological polar surface area (TPSA) is 66.6 Å². The van der Waals surface area contributed by atoms with Crippen LogP contribution >= 0.6 is 0 Å². The van der Waals surface area contributed by atoms with Crippen LogP contribution in [-0.4, -0.2) is 14.5 Å². The number of pyridine rings is 1. The molecule has 2 aromatic heterocycles. The molecule has 3 aromatic rings. The van der Waals surface area contributed by atoms with Gasteiger partial charge in [0.1, 0.15) is 11.5 Å². The lowest BCUT2D eigenvalue weighted by Crippen LogP contribution is -2.22. The third kappa shape index (κ3) is 2.35. The third-order valence-electron chi connectivity index (χ3n) is 3.71. The minimum Gasteiger partial charge on any atom is -0.391 e. The number of aliphatic hydroxyl groups is 1. The number of para-hydroxylation sites is 1. The zero-order chi connectivity index (χ0) is 15.7. The Morgan fingerprint density at radius 3 is 2.55 bits per heavy atom. The lowest BCUT2D eigenvalue weighted by Gasteiger charge is -2.15. The molecule has 0 spiro atoms. The summed E-state index contributed by atoms with van der Waals surface area (Å²) in [6, 6.07) is 11.3. The number of hydrogen-bond donors (Lipinski definition) is 2. The fraction of sp³-hybridized carbons (Fsp3) is 0.176. The summed E-state index contributed by atoms with van der Waals surface area (Å²) in [5, 5.41) is 12.8. The second-order valence-corrected chi connectivity index (χ2v) is 5.22. The van der Waals surface area contributed by atoms with Crippen molar-refractivity contribution in [2.24, 2.45) is 0 Å². The smallest absolute Gasteiger partial charge is 0.265 e. The minimum absolute atomic E-state index is 0.256. The summed E-state index contributed by atoms with van der Waals surface area (Å²) in [6.45, 7) is 3.61. The Morgan fingerprint density at radius 2 is 1.86 bits per heavy atom. The van der Waals surface area contributed by atoms with Gasteiger partial charge in [0.25, 0.3) is 5.56 Å². The molecule has 0 unspecified atom stereocenters. The molecule has 22 heavy (non-hydrogen) atoms. The summed E-state index contributed by atoms with van der Waals surface area (Å²) in [4.78, 5) is 16.9. The zero-order valence-electron chi connectivity index (χ0n) is 12.5. The summed E-state index contributed by atoms with van der Waals surface area (Å²) >= 11 is 0. The standard InChI is InChI=1S/C17H17N3O2/c1-11-6-5-7-12(2)15(11)19-16-13(10-21)17(22)20-9-4-3-8-14(20)18-16/h3-9,19,21H,10H2,1-2H3. The van der Waals surface area contributed by atoms with Gasteiger partial charge in [-0.25, -0.2) is 4.98 Å². The Morgan fingerprint density at radius 1 is 1.14 bits per heavy atom. The Kier molecular flexibility index (Phi) is 3.65. The number of fused-ring (bicyclic) bond motifs is 1. The monoisotopic (exact) mass is 295 g/mol. The highest BCUT2D eigenvalue weighted by atomic mass is 16.3. The van der Waals surface area contributed by atoms with E-state index in [9.17, 15) is 9.90 Å². The highest BCUT2D eigenvalue weighted by molar-refractivity contribution is 5.67. The van der Waals surface area contributed by atoms with Crippen molar-refractivity contribution in [3.05, 3.63) is 69.6 Å². The van der Waals surface area contributed by atoms with Gasteiger partial charge < -0.3 is 10.4 Å². The van der Waals surface area contributed by atoms with Crippen molar-refractivity contribution in [1.82, 2.24) is 9.38 Å². The van der Waals surface area contributed by atoms with Crippen LogP contribution in [0.4, 0.5) is 11.5 Å². The van der Waals surface area contributed by atoms with Crippen molar-refractivity contribution in [1.29, 1.82) is 0 Å². The Labute approximate surface area is 127 Å². The molecule has 2 heterocycles. The van der Waals surface area contributed by atoms with Crippen LogP contribution in [0.1, 0.15) is 16.7 Å². The summed E-state index contributed by atoms with van der Waals surface area (Å²) < 4.78 is 1.43. The maximum atomic E-state index is 12.5. The van der Waals surface area contributed by atoms with Gasteiger partial charge in [-0.05, 0) is 37.1 Å². The highest BCUT2D eigenvalue weighted by Crippen LogP contribution is 2.24. The molecular weight excluding hydrogens is 278 g/mol. The summed E-state index contributed by atoms with van der Waals surface area (Å²) in [5.41, 5.74) is 3.55. The summed E-state index contributed by atoms with van der Waals surface area (Å²) in [7, 11) is 0. The Bertz CT molecular complexity index is 880. The van der Waals surface area contributed by atoms with Gasteiger partial charge in [-0.1, -0.05) is 24.3 Å². The van der Waals surface area contributed by atoms with Crippen LogP contribution in [0.3, 0.4) is 0 Å². The van der Waals surface area contributed by atoms with Crippen molar-refractivity contribution in [3.8, 4) is 0 Å². The molecule has 0 saturated heterocycles. The molecule has 0 bridgehead atoms. The average Bonchev–Trinajstić information content (AvgIpc) is 2.51. The Balaban J connectivity index is 2.20. The molecule has 5 heteroatoms. The van der Waals surface area contributed by atoms with E-state index in [2.05, 4.69) is 10.3 Å². The lowest BCUT2D eigenvalue weighted by molar-refractivity contribution is 0.280. The molecule has 112 valence electrons. The van der Waals surface area contributed by atoms with Crippen LogP contribution in [-0.2, 0) is 6.61 Å². The van der Waals surface area contributed by atoms with Crippen LogP contribution in [0.5, 0.6) is 0 Å². The first-order valence-electron chi connectivity index (χ1n) is 7.06. The second kappa shape index (κ2) is 5.61. The first-order valence-corrected chi connectivity index (χ1v) is 7.06. The maximum absolute atomic E-state index is 12.5. The van der Waals surface area contributed by atoms with Gasteiger partial charge in [0.15, 0.2) is 0 Å². The number of aliphatic hydroxyl groups excluding tert-OH is 1. The van der Waals surface area contributed by atoms with E-state index in [1.807, 2.05) is 38.1 Å². The van der Waals surface area contributed by atoms with Crippen molar-refractivity contribution in [2.45, 2.75) is 20.5 Å². The molecule has 0 fully saturated rings. The number of hydrogen-bond acceptors (Lipinski definition) is 4. The number of nitrogens with zero attached hydrogens (tertiary/aromatic N) is 2. The largest absolute Gasteiger partial charge is 0.391 e. The van der Waals surface area contributed by atoms with Gasteiger partial charge >= 0.3 is 0 Å². The fourth-order valence-corrected chi connectivity index (χ4v) is 2.50. The van der Waals surface area contributed by atoms with Crippen LogP contribution in [0.2, 0.25) is 0 Å². The third-order valence-corrected chi connectivity index (χ3v) is 3.71. The van der Waals surface area contributed by atoms with E-state index in [0.717, 1.165) is 16.8 Å². The molecule has 0 radical (unpaired) electrons. The van der Waals surface area contributed by atoms with E-state index in [4.69, 9.17) is 0 Å². The average molecular weight is 295 g/mol. The van der Waals surface area contributed by atoms with Gasteiger partial charge in [-0.3, -0.25) is 9.20 Å². The molecule has 1 aromatic carbocycles. The molecule has 0 aliphatic heterocycles. The molecule has 2 N–H and O–H groups in total. The van der Waals surface area contributed by atoms with E-state index in [0.29, 0.717) is 11.5 Å². The molecular formula is C17H17N3O2. The van der Waals surface area contributed by atoms with Gasteiger partial charge in [0.2, 0.25) is 0 Å². The van der Waals surface area contributed by atoms with Crippen molar-refractivity contribution in [2.75, 3.05) is 5.32 Å². The van der Waals surface area contributed by atoms with Crippen LogP contribution < -0.4 is 10.9 Å². The number of aromatic nitrogens is 2.